The number of fused-ring (bicyclic) bond motifs is 1. The van der Waals surface area contributed by atoms with E-state index in [1.807, 2.05) is 36.5 Å². The second-order valence-corrected chi connectivity index (χ2v) is 7.70. The molecule has 0 bridgehead atoms. The lowest BCUT2D eigenvalue weighted by Gasteiger charge is -2.29. The van der Waals surface area contributed by atoms with Gasteiger partial charge in [0.1, 0.15) is 0 Å². The van der Waals surface area contributed by atoms with Crippen LogP contribution < -0.4 is 10.3 Å². The van der Waals surface area contributed by atoms with Crippen LogP contribution in [-0.4, -0.2) is 57.9 Å². The highest BCUT2D eigenvalue weighted by molar-refractivity contribution is 5.96. The van der Waals surface area contributed by atoms with E-state index >= 15 is 0 Å². The lowest BCUT2D eigenvalue weighted by Crippen LogP contribution is -2.36. The SMILES string of the molecule is CC(=O)c1cccc(C=NNc2cc(N3CCOCC3)c3nc(-c4ccncc4)cn3n2)c1. The number of hydrazone groups is 1. The summed E-state index contributed by atoms with van der Waals surface area (Å²) in [5.74, 6) is 0.604. The quantitative estimate of drug-likeness (QED) is 0.279. The Bertz CT molecular complexity index is 1310. The summed E-state index contributed by atoms with van der Waals surface area (Å²) in [5.41, 5.74) is 8.02. The Hall–Kier alpha value is -4.11. The number of anilines is 2. The fourth-order valence-corrected chi connectivity index (χ4v) is 3.73. The van der Waals surface area contributed by atoms with Crippen LogP contribution in [0.3, 0.4) is 0 Å². The van der Waals surface area contributed by atoms with Gasteiger partial charge in [0.25, 0.3) is 0 Å². The predicted molar refractivity (Wildman–Crippen MR) is 127 cm³/mol. The second-order valence-electron chi connectivity index (χ2n) is 7.70. The van der Waals surface area contributed by atoms with E-state index in [4.69, 9.17) is 9.72 Å². The first-order valence-corrected chi connectivity index (χ1v) is 10.7. The summed E-state index contributed by atoms with van der Waals surface area (Å²) < 4.78 is 7.30. The minimum Gasteiger partial charge on any atom is -0.378 e. The number of nitrogens with one attached hydrogen (secondary N) is 1. The van der Waals surface area contributed by atoms with Gasteiger partial charge in [-0.15, -0.1) is 5.10 Å². The molecule has 4 heterocycles. The van der Waals surface area contributed by atoms with E-state index in [1.54, 1.807) is 42.2 Å². The molecule has 5 rings (SSSR count). The molecule has 1 fully saturated rings. The fraction of sp³-hybridized carbons (Fsp3) is 0.208. The van der Waals surface area contributed by atoms with E-state index in [2.05, 4.69) is 25.5 Å². The smallest absolute Gasteiger partial charge is 0.177 e. The highest BCUT2D eigenvalue weighted by atomic mass is 16.5. The zero-order chi connectivity index (χ0) is 22.6. The van der Waals surface area contributed by atoms with Crippen LogP contribution in [0.4, 0.5) is 11.5 Å². The van der Waals surface area contributed by atoms with Crippen molar-refractivity contribution in [3.05, 3.63) is 72.2 Å². The largest absolute Gasteiger partial charge is 0.378 e. The maximum atomic E-state index is 11.6. The Balaban J connectivity index is 1.48. The number of Topliss-reactive ketones (excluding diaryl/α,β-unsaturated/α-hetero) is 1. The topological polar surface area (TPSA) is 97.0 Å². The number of ether oxygens (including phenoxy) is 1. The first-order chi connectivity index (χ1) is 16.2. The summed E-state index contributed by atoms with van der Waals surface area (Å²) in [7, 11) is 0. The third-order valence-corrected chi connectivity index (χ3v) is 5.42. The van der Waals surface area contributed by atoms with Crippen molar-refractivity contribution in [1.82, 2.24) is 19.6 Å². The average molecular weight is 441 g/mol. The van der Waals surface area contributed by atoms with Crippen molar-refractivity contribution in [2.45, 2.75) is 6.92 Å². The van der Waals surface area contributed by atoms with Crippen LogP contribution in [0.15, 0.2) is 66.2 Å². The van der Waals surface area contributed by atoms with Gasteiger partial charge in [0.15, 0.2) is 17.2 Å². The monoisotopic (exact) mass is 441 g/mol. The summed E-state index contributed by atoms with van der Waals surface area (Å²) in [4.78, 5) is 22.8. The van der Waals surface area contributed by atoms with Gasteiger partial charge in [0.2, 0.25) is 0 Å². The molecule has 3 aromatic heterocycles. The van der Waals surface area contributed by atoms with E-state index in [9.17, 15) is 4.79 Å². The zero-order valence-electron chi connectivity index (χ0n) is 18.2. The Morgan fingerprint density at radius 2 is 1.97 bits per heavy atom. The summed E-state index contributed by atoms with van der Waals surface area (Å²) in [5, 5.41) is 8.99. The van der Waals surface area contributed by atoms with E-state index in [-0.39, 0.29) is 5.78 Å². The van der Waals surface area contributed by atoms with Crippen LogP contribution in [0.1, 0.15) is 22.8 Å². The van der Waals surface area contributed by atoms with Gasteiger partial charge in [0, 0.05) is 42.7 Å². The lowest BCUT2D eigenvalue weighted by molar-refractivity contribution is 0.101. The van der Waals surface area contributed by atoms with Crippen molar-refractivity contribution in [2.75, 3.05) is 36.6 Å². The minimum absolute atomic E-state index is 0.0191. The molecule has 1 saturated heterocycles. The first kappa shape index (κ1) is 20.8. The van der Waals surface area contributed by atoms with Gasteiger partial charge in [-0.2, -0.15) is 5.10 Å². The van der Waals surface area contributed by atoms with Crippen LogP contribution >= 0.6 is 0 Å². The van der Waals surface area contributed by atoms with Crippen LogP contribution in [0.5, 0.6) is 0 Å². The van der Waals surface area contributed by atoms with Crippen LogP contribution in [0, 0.1) is 0 Å². The molecule has 9 heteroatoms. The lowest BCUT2D eigenvalue weighted by atomic mass is 10.1. The number of hydrogen-bond acceptors (Lipinski definition) is 8. The Kier molecular flexibility index (Phi) is 5.77. The molecule has 166 valence electrons. The number of hydrogen-bond donors (Lipinski definition) is 1. The van der Waals surface area contributed by atoms with Gasteiger partial charge in [0.05, 0.1) is 37.0 Å². The summed E-state index contributed by atoms with van der Waals surface area (Å²) in [6.07, 6.45) is 7.07. The van der Waals surface area contributed by atoms with Crippen molar-refractivity contribution in [2.24, 2.45) is 5.10 Å². The number of nitrogens with zero attached hydrogens (tertiary/aromatic N) is 6. The molecule has 33 heavy (non-hydrogen) atoms. The summed E-state index contributed by atoms with van der Waals surface area (Å²) in [6, 6.07) is 13.1. The van der Waals surface area contributed by atoms with Gasteiger partial charge in [-0.25, -0.2) is 9.50 Å². The number of benzene rings is 1. The second kappa shape index (κ2) is 9.17. The summed E-state index contributed by atoms with van der Waals surface area (Å²) in [6.45, 7) is 4.43. The molecule has 0 spiro atoms. The molecule has 4 aromatic rings. The van der Waals surface area contributed by atoms with Gasteiger partial charge < -0.3 is 9.64 Å². The number of rotatable bonds is 6. The number of pyridine rings is 1. The Labute approximate surface area is 190 Å². The number of carbonyl (C=O) groups is 1. The number of imidazole rings is 1. The van der Waals surface area contributed by atoms with Crippen LogP contribution in [-0.2, 0) is 4.74 Å². The molecule has 0 radical (unpaired) electrons. The summed E-state index contributed by atoms with van der Waals surface area (Å²) >= 11 is 0. The van der Waals surface area contributed by atoms with Crippen molar-refractivity contribution in [3.8, 4) is 11.3 Å². The van der Waals surface area contributed by atoms with Crippen molar-refractivity contribution in [3.63, 3.8) is 0 Å². The predicted octanol–water partition coefficient (Wildman–Crippen LogP) is 3.28. The molecule has 9 nitrogen and oxygen atoms in total. The number of aromatic nitrogens is 4. The molecule has 0 saturated carbocycles. The van der Waals surface area contributed by atoms with E-state index in [1.165, 1.54) is 0 Å². The van der Waals surface area contributed by atoms with Crippen molar-refractivity contribution in [1.29, 1.82) is 0 Å². The third-order valence-electron chi connectivity index (χ3n) is 5.42. The van der Waals surface area contributed by atoms with E-state index < -0.39 is 0 Å². The van der Waals surface area contributed by atoms with Gasteiger partial charge in [-0.3, -0.25) is 15.2 Å². The molecule has 1 N–H and O–H groups in total. The van der Waals surface area contributed by atoms with Crippen molar-refractivity contribution >= 4 is 29.2 Å². The van der Waals surface area contributed by atoms with Crippen LogP contribution in [0.25, 0.3) is 16.9 Å². The molecule has 0 aliphatic carbocycles. The maximum absolute atomic E-state index is 11.6. The van der Waals surface area contributed by atoms with E-state index in [0.717, 1.165) is 41.2 Å². The van der Waals surface area contributed by atoms with E-state index in [0.29, 0.717) is 24.6 Å². The maximum Gasteiger partial charge on any atom is 0.177 e. The van der Waals surface area contributed by atoms with Gasteiger partial charge in [-0.05, 0) is 30.7 Å². The molecule has 0 atom stereocenters. The molecule has 0 amide bonds. The minimum atomic E-state index is 0.0191. The van der Waals surface area contributed by atoms with Crippen molar-refractivity contribution < 1.29 is 9.53 Å². The number of ketones is 1. The molecule has 1 aliphatic heterocycles. The highest BCUT2D eigenvalue weighted by Gasteiger charge is 2.18. The fourth-order valence-electron chi connectivity index (χ4n) is 3.73. The molecule has 1 aromatic carbocycles. The third kappa shape index (κ3) is 4.58. The number of morpholine rings is 1. The Morgan fingerprint density at radius 1 is 1.15 bits per heavy atom. The normalized spacial score (nSPS) is 14.2. The van der Waals surface area contributed by atoms with Crippen LogP contribution in [0.2, 0.25) is 0 Å². The van der Waals surface area contributed by atoms with Gasteiger partial charge >= 0.3 is 0 Å². The standard InChI is InChI=1S/C24H23N7O2/c1-17(32)20-4-2-3-18(13-20)15-26-28-23-14-22(30-9-11-33-12-10-30)24-27-21(16-31(24)29-23)19-5-7-25-8-6-19/h2-8,13-16H,9-12H2,1H3,(H,28,29). The highest BCUT2D eigenvalue weighted by Crippen LogP contribution is 2.27. The molecular formula is C24H23N7O2. The Morgan fingerprint density at radius 3 is 2.76 bits per heavy atom. The molecule has 0 unspecified atom stereocenters. The number of carbonyl (C=O) groups excluding carboxylic acids is 1. The molecule has 1 aliphatic rings. The van der Waals surface area contributed by atoms with Gasteiger partial charge in [-0.1, -0.05) is 18.2 Å². The first-order valence-electron chi connectivity index (χ1n) is 10.7. The zero-order valence-corrected chi connectivity index (χ0v) is 18.2. The molecular weight excluding hydrogens is 418 g/mol. The average Bonchev–Trinajstić information content (AvgIpc) is 3.29.